The number of benzene rings is 2. The van der Waals surface area contributed by atoms with Crippen LogP contribution in [-0.2, 0) is 12.4 Å². The topological polar surface area (TPSA) is 86.3 Å². The molecule has 14 heteroatoms. The van der Waals surface area contributed by atoms with Crippen molar-refractivity contribution in [2.75, 3.05) is 0 Å². The van der Waals surface area contributed by atoms with E-state index in [1.54, 1.807) is 0 Å². The monoisotopic (exact) mass is 442 g/mol. The summed E-state index contributed by atoms with van der Waals surface area (Å²) < 4.78 is 78.1. The first kappa shape index (κ1) is 20.3. The van der Waals surface area contributed by atoms with Crippen LogP contribution in [-0.4, -0.2) is 9.85 Å². The molecule has 0 N–H and O–H groups in total. The third-order valence-electron chi connectivity index (χ3n) is 3.54. The first-order valence-electron chi connectivity index (χ1n) is 6.94. The predicted octanol–water partition coefficient (Wildman–Crippen LogP) is 6.16. The van der Waals surface area contributed by atoms with Crippen molar-refractivity contribution < 1.29 is 36.2 Å². The maximum absolute atomic E-state index is 13.0. The Morgan fingerprint density at radius 1 is 0.679 bits per heavy atom. The lowest BCUT2D eigenvalue weighted by molar-refractivity contribution is -0.388. The lowest BCUT2D eigenvalue weighted by Gasteiger charge is -2.21. The Bertz CT molecular complexity index is 941. The number of fused-ring (bicyclic) bond motifs is 2. The maximum Gasteiger partial charge on any atom is 0.416 e. The van der Waals surface area contributed by atoms with Crippen LogP contribution in [0.15, 0.2) is 43.8 Å². The average molecular weight is 442 g/mol. The summed E-state index contributed by atoms with van der Waals surface area (Å²) in [5, 5.41) is 22.4. The van der Waals surface area contributed by atoms with Crippen molar-refractivity contribution in [1.82, 2.24) is 0 Å². The van der Waals surface area contributed by atoms with Crippen molar-refractivity contribution in [2.24, 2.45) is 0 Å². The van der Waals surface area contributed by atoms with Gasteiger partial charge in [-0.15, -0.1) is 0 Å². The van der Waals surface area contributed by atoms with E-state index >= 15 is 0 Å². The number of nitro benzene ring substituents is 2. The van der Waals surface area contributed by atoms with E-state index in [4.69, 9.17) is 0 Å². The van der Waals surface area contributed by atoms with Gasteiger partial charge in [-0.2, -0.15) is 26.3 Å². The smallest absolute Gasteiger partial charge is 0.258 e. The Balaban J connectivity index is 2.25. The number of rotatable bonds is 2. The Labute approximate surface area is 159 Å². The van der Waals surface area contributed by atoms with Gasteiger partial charge in [0.1, 0.15) is 9.79 Å². The molecule has 1 aliphatic rings. The van der Waals surface area contributed by atoms with E-state index in [2.05, 4.69) is 0 Å². The fourth-order valence-electron chi connectivity index (χ4n) is 2.35. The SMILES string of the molecule is O=[N+]([O-])c1cc(C(F)(F)F)cc2c1Sc1cc(C(F)(F)F)cc([N+](=O)[O-])c1S2. The van der Waals surface area contributed by atoms with E-state index in [0.717, 1.165) is 0 Å². The lowest BCUT2D eigenvalue weighted by atomic mass is 10.2. The Morgan fingerprint density at radius 2 is 1.00 bits per heavy atom. The Kier molecular flexibility index (Phi) is 4.74. The highest BCUT2D eigenvalue weighted by molar-refractivity contribution is 8.05. The summed E-state index contributed by atoms with van der Waals surface area (Å²) in [6.07, 6.45) is -9.84. The second-order valence-electron chi connectivity index (χ2n) is 5.36. The van der Waals surface area contributed by atoms with Gasteiger partial charge in [0.2, 0.25) is 0 Å². The zero-order valence-corrected chi connectivity index (χ0v) is 14.6. The number of nitrogens with zero attached hydrogens (tertiary/aromatic N) is 2. The van der Waals surface area contributed by atoms with E-state index in [1.807, 2.05) is 0 Å². The molecule has 0 fully saturated rings. The van der Waals surface area contributed by atoms with Crippen LogP contribution in [0.2, 0.25) is 0 Å². The quantitative estimate of drug-likeness (QED) is 0.269. The van der Waals surface area contributed by atoms with Crippen LogP contribution in [0.25, 0.3) is 0 Å². The zero-order valence-electron chi connectivity index (χ0n) is 12.9. The molecule has 1 aliphatic heterocycles. The minimum atomic E-state index is -4.92. The zero-order chi connectivity index (χ0) is 21.0. The van der Waals surface area contributed by atoms with E-state index in [1.165, 1.54) is 0 Å². The lowest BCUT2D eigenvalue weighted by Crippen LogP contribution is -2.10. The predicted molar refractivity (Wildman–Crippen MR) is 84.4 cm³/mol. The normalized spacial score (nSPS) is 13.6. The van der Waals surface area contributed by atoms with Crippen molar-refractivity contribution in [2.45, 2.75) is 31.9 Å². The van der Waals surface area contributed by atoms with Gasteiger partial charge < -0.3 is 0 Å². The minimum Gasteiger partial charge on any atom is -0.258 e. The summed E-state index contributed by atoms with van der Waals surface area (Å²) >= 11 is 0.769. The molecule has 3 rings (SSSR count). The van der Waals surface area contributed by atoms with Gasteiger partial charge in [0, 0.05) is 21.9 Å². The summed E-state index contributed by atoms with van der Waals surface area (Å²) in [6.45, 7) is 0. The van der Waals surface area contributed by atoms with Crippen molar-refractivity contribution in [1.29, 1.82) is 0 Å². The number of alkyl halides is 6. The molecule has 0 saturated carbocycles. The third kappa shape index (κ3) is 3.61. The highest BCUT2D eigenvalue weighted by Crippen LogP contribution is 2.56. The fourth-order valence-corrected chi connectivity index (χ4v) is 4.85. The standard InChI is InChI=1S/C14H4F6N2O4S2/c15-13(16,17)5-1-7(21(23)24)11-9(3-5)28-12-8(22(25)26)2-6(14(18,19)20)4-10(12)27-11/h1-4H. The molecule has 2 aromatic rings. The van der Waals surface area contributed by atoms with Gasteiger partial charge in [-0.3, -0.25) is 20.2 Å². The number of hydrogen-bond donors (Lipinski definition) is 0. The molecule has 0 aliphatic carbocycles. The average Bonchev–Trinajstić information content (AvgIpc) is 2.55. The Hall–Kier alpha value is -2.48. The highest BCUT2D eigenvalue weighted by Gasteiger charge is 2.40. The van der Waals surface area contributed by atoms with Crippen molar-refractivity contribution in [3.8, 4) is 0 Å². The molecule has 0 unspecified atom stereocenters. The molecule has 6 nitrogen and oxygen atoms in total. The van der Waals surface area contributed by atoms with Crippen LogP contribution in [0.4, 0.5) is 37.7 Å². The second kappa shape index (κ2) is 6.55. The van der Waals surface area contributed by atoms with Gasteiger partial charge >= 0.3 is 12.4 Å². The summed E-state index contributed by atoms with van der Waals surface area (Å²) in [5.74, 6) is 0. The molecular formula is C14H4F6N2O4S2. The van der Waals surface area contributed by atoms with E-state index in [0.29, 0.717) is 35.7 Å². The molecule has 0 saturated heterocycles. The molecular weight excluding hydrogens is 438 g/mol. The van der Waals surface area contributed by atoms with Gasteiger partial charge in [-0.05, 0) is 12.1 Å². The molecule has 0 radical (unpaired) electrons. The van der Waals surface area contributed by atoms with Crippen molar-refractivity contribution in [3.63, 3.8) is 0 Å². The third-order valence-corrected chi connectivity index (χ3v) is 6.15. The van der Waals surface area contributed by atoms with Crippen LogP contribution in [0, 0.1) is 20.2 Å². The molecule has 0 bridgehead atoms. The number of hydrogen-bond acceptors (Lipinski definition) is 6. The minimum absolute atomic E-state index is 0.277. The first-order valence-corrected chi connectivity index (χ1v) is 8.57. The van der Waals surface area contributed by atoms with Crippen LogP contribution in [0.5, 0.6) is 0 Å². The number of halogens is 6. The van der Waals surface area contributed by atoms with Gasteiger partial charge in [0.05, 0.1) is 21.0 Å². The maximum atomic E-state index is 13.0. The van der Waals surface area contributed by atoms with Crippen LogP contribution < -0.4 is 0 Å². The highest BCUT2D eigenvalue weighted by atomic mass is 32.2. The van der Waals surface area contributed by atoms with Gasteiger partial charge in [0.15, 0.2) is 0 Å². The van der Waals surface area contributed by atoms with Crippen LogP contribution in [0.3, 0.4) is 0 Å². The molecule has 0 atom stereocenters. The molecule has 148 valence electrons. The summed E-state index contributed by atoms with van der Waals surface area (Å²) in [4.78, 5) is 19.0. The summed E-state index contributed by atoms with van der Waals surface area (Å²) in [7, 11) is 0. The largest absolute Gasteiger partial charge is 0.416 e. The first-order chi connectivity index (χ1) is 12.8. The van der Waals surface area contributed by atoms with Crippen molar-refractivity contribution in [3.05, 3.63) is 55.6 Å². The van der Waals surface area contributed by atoms with Crippen molar-refractivity contribution >= 4 is 34.9 Å². The van der Waals surface area contributed by atoms with Crippen LogP contribution in [0.1, 0.15) is 11.1 Å². The van der Waals surface area contributed by atoms with Gasteiger partial charge in [0.25, 0.3) is 11.4 Å². The Morgan fingerprint density at radius 3 is 1.25 bits per heavy atom. The van der Waals surface area contributed by atoms with Crippen LogP contribution >= 0.6 is 23.5 Å². The molecule has 2 aromatic carbocycles. The van der Waals surface area contributed by atoms with E-state index in [-0.39, 0.29) is 31.7 Å². The molecule has 0 amide bonds. The van der Waals surface area contributed by atoms with E-state index in [9.17, 15) is 46.6 Å². The number of nitro groups is 2. The van der Waals surface area contributed by atoms with Gasteiger partial charge in [-0.1, -0.05) is 23.5 Å². The molecule has 0 aromatic heterocycles. The van der Waals surface area contributed by atoms with Gasteiger partial charge in [-0.25, -0.2) is 0 Å². The second-order valence-corrected chi connectivity index (χ2v) is 7.46. The molecule has 0 spiro atoms. The summed E-state index contributed by atoms with van der Waals surface area (Å²) in [6, 6.07) is 1.70. The summed E-state index contributed by atoms with van der Waals surface area (Å²) in [5.41, 5.74) is -4.59. The van der Waals surface area contributed by atoms with E-state index < -0.39 is 44.7 Å². The molecule has 1 heterocycles. The fraction of sp³-hybridized carbons (Fsp3) is 0.143. The molecule has 28 heavy (non-hydrogen) atoms.